The van der Waals surface area contributed by atoms with Gasteiger partial charge in [-0.05, 0) is 36.1 Å². The Morgan fingerprint density at radius 1 is 1.07 bits per heavy atom. The monoisotopic (exact) mass is 462 g/mol. The predicted molar refractivity (Wildman–Crippen MR) is 126 cm³/mol. The molecule has 1 heterocycles. The molecule has 0 radical (unpaired) electrons. The maximum Gasteiger partial charge on any atom is 0.234 e. The summed E-state index contributed by atoms with van der Waals surface area (Å²) in [7, 11) is 0. The van der Waals surface area contributed by atoms with Crippen LogP contribution in [0.1, 0.15) is 33.3 Å². The molecule has 1 aromatic heterocycles. The third-order valence-electron chi connectivity index (χ3n) is 4.52. The van der Waals surface area contributed by atoms with Crippen molar-refractivity contribution in [2.75, 3.05) is 11.1 Å². The molecule has 0 aliphatic rings. The molecule has 158 valence electrons. The molecule has 0 aliphatic heterocycles. The first-order valence-electron chi connectivity index (χ1n) is 9.60. The molecule has 0 bridgehead atoms. The van der Waals surface area contributed by atoms with E-state index in [1.54, 1.807) is 18.2 Å². The van der Waals surface area contributed by atoms with Crippen LogP contribution in [0, 0.1) is 0 Å². The highest BCUT2D eigenvalue weighted by Crippen LogP contribution is 2.28. The topological polar surface area (TPSA) is 59.8 Å². The van der Waals surface area contributed by atoms with Gasteiger partial charge in [-0.3, -0.25) is 4.79 Å². The molecule has 1 amide bonds. The van der Waals surface area contributed by atoms with E-state index in [2.05, 4.69) is 60.6 Å². The molecule has 8 heteroatoms. The molecule has 0 spiro atoms. The van der Waals surface area contributed by atoms with Crippen LogP contribution in [-0.4, -0.2) is 26.4 Å². The fourth-order valence-corrected chi connectivity index (χ4v) is 4.29. The summed E-state index contributed by atoms with van der Waals surface area (Å²) in [6.45, 7) is 9.31. The fraction of sp³-hybridized carbons (Fsp3) is 0.318. The van der Waals surface area contributed by atoms with Gasteiger partial charge < -0.3 is 9.88 Å². The summed E-state index contributed by atoms with van der Waals surface area (Å²) in [5.74, 6) is 0.827. The van der Waals surface area contributed by atoms with E-state index in [4.69, 9.17) is 23.2 Å². The highest BCUT2D eigenvalue weighted by molar-refractivity contribution is 7.99. The smallest absolute Gasteiger partial charge is 0.234 e. The molecular weight excluding hydrogens is 439 g/mol. The van der Waals surface area contributed by atoms with Gasteiger partial charge in [0, 0.05) is 27.8 Å². The molecule has 0 saturated carbocycles. The van der Waals surface area contributed by atoms with E-state index < -0.39 is 0 Å². The van der Waals surface area contributed by atoms with Crippen molar-refractivity contribution in [3.8, 4) is 11.4 Å². The van der Waals surface area contributed by atoms with Crippen molar-refractivity contribution in [1.29, 1.82) is 0 Å². The summed E-state index contributed by atoms with van der Waals surface area (Å²) in [6.07, 6.45) is 0. The summed E-state index contributed by atoms with van der Waals surface area (Å²) in [6, 6.07) is 13.3. The molecule has 3 rings (SSSR count). The number of carbonyl (C=O) groups is 1. The number of anilines is 1. The minimum Gasteiger partial charge on any atom is -0.325 e. The van der Waals surface area contributed by atoms with Crippen LogP contribution in [0.4, 0.5) is 5.69 Å². The molecule has 0 fully saturated rings. The number of amides is 1. The van der Waals surface area contributed by atoms with Gasteiger partial charge in [0.1, 0.15) is 0 Å². The van der Waals surface area contributed by atoms with Crippen molar-refractivity contribution >= 4 is 46.6 Å². The van der Waals surface area contributed by atoms with Crippen LogP contribution >= 0.6 is 35.0 Å². The Kier molecular flexibility index (Phi) is 7.11. The van der Waals surface area contributed by atoms with E-state index in [0.29, 0.717) is 27.4 Å². The van der Waals surface area contributed by atoms with Gasteiger partial charge in [-0.1, -0.05) is 80.0 Å². The number of thioether (sulfide) groups is 1. The molecule has 3 aromatic rings. The molecule has 0 unspecified atom stereocenters. The minimum atomic E-state index is -0.167. The maximum atomic E-state index is 12.3. The number of rotatable bonds is 6. The van der Waals surface area contributed by atoms with Crippen molar-refractivity contribution in [2.24, 2.45) is 0 Å². The van der Waals surface area contributed by atoms with Gasteiger partial charge in [-0.25, -0.2) is 0 Å². The van der Waals surface area contributed by atoms with Gasteiger partial charge in [0.2, 0.25) is 5.91 Å². The van der Waals surface area contributed by atoms with Crippen LogP contribution < -0.4 is 5.32 Å². The molecule has 30 heavy (non-hydrogen) atoms. The largest absolute Gasteiger partial charge is 0.325 e. The van der Waals surface area contributed by atoms with Crippen molar-refractivity contribution < 1.29 is 4.79 Å². The second-order valence-corrected chi connectivity index (χ2v) is 9.69. The van der Waals surface area contributed by atoms with E-state index in [0.717, 1.165) is 11.4 Å². The van der Waals surface area contributed by atoms with E-state index in [1.807, 2.05) is 11.5 Å². The lowest BCUT2D eigenvalue weighted by Gasteiger charge is -2.19. The van der Waals surface area contributed by atoms with Crippen molar-refractivity contribution in [2.45, 2.75) is 44.8 Å². The number of carbonyl (C=O) groups excluding carboxylic acids is 1. The lowest BCUT2D eigenvalue weighted by Crippen LogP contribution is -2.14. The maximum absolute atomic E-state index is 12.3. The number of nitrogens with zero attached hydrogens (tertiary/aromatic N) is 3. The van der Waals surface area contributed by atoms with Gasteiger partial charge in [0.15, 0.2) is 11.0 Å². The first kappa shape index (κ1) is 22.7. The standard InChI is InChI=1S/C22H24Cl2N4OS/c1-5-28-20(14-6-8-15(9-7-14)22(2,3)4)26-27-21(28)30-13-19(29)25-18-11-16(23)10-17(24)12-18/h6-12H,5,13H2,1-4H3,(H,25,29). The number of halogens is 2. The Labute approximate surface area is 191 Å². The lowest BCUT2D eigenvalue weighted by atomic mass is 9.87. The Morgan fingerprint density at radius 3 is 2.27 bits per heavy atom. The zero-order valence-electron chi connectivity index (χ0n) is 17.4. The predicted octanol–water partition coefficient (Wildman–Crippen LogP) is 6.30. The van der Waals surface area contributed by atoms with Crippen molar-refractivity contribution in [3.63, 3.8) is 0 Å². The molecule has 1 N–H and O–H groups in total. The van der Waals surface area contributed by atoms with Crippen molar-refractivity contribution in [1.82, 2.24) is 14.8 Å². The van der Waals surface area contributed by atoms with E-state index in [1.165, 1.54) is 17.3 Å². The molecule has 5 nitrogen and oxygen atoms in total. The SMILES string of the molecule is CCn1c(SCC(=O)Nc2cc(Cl)cc(Cl)c2)nnc1-c1ccc(C(C)(C)C)cc1. The number of aromatic nitrogens is 3. The quantitative estimate of drug-likeness (QED) is 0.436. The number of nitrogens with one attached hydrogen (secondary N) is 1. The highest BCUT2D eigenvalue weighted by Gasteiger charge is 2.17. The van der Waals surface area contributed by atoms with Gasteiger partial charge in [0.05, 0.1) is 5.75 Å². The van der Waals surface area contributed by atoms with Crippen LogP contribution in [0.2, 0.25) is 10.0 Å². The third kappa shape index (κ3) is 5.56. The normalized spacial score (nSPS) is 11.5. The molecule has 0 aliphatic carbocycles. The first-order chi connectivity index (χ1) is 14.2. The summed E-state index contributed by atoms with van der Waals surface area (Å²) < 4.78 is 2.01. The minimum absolute atomic E-state index is 0.0958. The third-order valence-corrected chi connectivity index (χ3v) is 5.92. The van der Waals surface area contributed by atoms with Gasteiger partial charge in [-0.15, -0.1) is 10.2 Å². The molecular formula is C22H24Cl2N4OS. The number of hydrogen-bond acceptors (Lipinski definition) is 4. The van der Waals surface area contributed by atoms with Gasteiger partial charge in [0.25, 0.3) is 0 Å². The second kappa shape index (κ2) is 9.41. The summed E-state index contributed by atoms with van der Waals surface area (Å²) in [4.78, 5) is 12.3. The number of benzene rings is 2. The molecule has 2 aromatic carbocycles. The summed E-state index contributed by atoms with van der Waals surface area (Å²) in [5.41, 5.74) is 2.93. The first-order valence-corrected chi connectivity index (χ1v) is 11.3. The number of hydrogen-bond donors (Lipinski definition) is 1. The van der Waals surface area contributed by atoms with E-state index in [-0.39, 0.29) is 17.1 Å². The fourth-order valence-electron chi connectivity index (χ4n) is 2.97. The van der Waals surface area contributed by atoms with Gasteiger partial charge >= 0.3 is 0 Å². The van der Waals surface area contributed by atoms with E-state index in [9.17, 15) is 4.79 Å². The van der Waals surface area contributed by atoms with Crippen LogP contribution in [0.5, 0.6) is 0 Å². The van der Waals surface area contributed by atoms with Gasteiger partial charge in [-0.2, -0.15) is 0 Å². The van der Waals surface area contributed by atoms with Crippen LogP contribution in [0.25, 0.3) is 11.4 Å². The van der Waals surface area contributed by atoms with Crippen molar-refractivity contribution in [3.05, 3.63) is 58.1 Å². The Hall–Kier alpha value is -2.02. The van der Waals surface area contributed by atoms with Crippen LogP contribution in [0.15, 0.2) is 47.6 Å². The zero-order chi connectivity index (χ0) is 21.9. The van der Waals surface area contributed by atoms with E-state index >= 15 is 0 Å². The average molecular weight is 463 g/mol. The molecule has 0 saturated heterocycles. The summed E-state index contributed by atoms with van der Waals surface area (Å²) in [5, 5.41) is 13.1. The Balaban J connectivity index is 1.70. The lowest BCUT2D eigenvalue weighted by molar-refractivity contribution is -0.113. The zero-order valence-corrected chi connectivity index (χ0v) is 19.7. The summed E-state index contributed by atoms with van der Waals surface area (Å²) >= 11 is 13.3. The Morgan fingerprint density at radius 2 is 1.70 bits per heavy atom. The van der Waals surface area contributed by atoms with Crippen LogP contribution in [-0.2, 0) is 16.8 Å². The Bertz CT molecular complexity index is 1020. The highest BCUT2D eigenvalue weighted by atomic mass is 35.5. The average Bonchev–Trinajstić information content (AvgIpc) is 3.08. The molecule has 0 atom stereocenters. The van der Waals surface area contributed by atoms with Crippen LogP contribution in [0.3, 0.4) is 0 Å². The second-order valence-electron chi connectivity index (χ2n) is 7.87.